The van der Waals surface area contributed by atoms with E-state index >= 15 is 0 Å². The molecule has 8 nitrogen and oxygen atoms in total. The molecule has 18 heavy (non-hydrogen) atoms. The van der Waals surface area contributed by atoms with Gasteiger partial charge < -0.3 is 10.1 Å². The summed E-state index contributed by atoms with van der Waals surface area (Å²) in [6, 6.07) is 0. The van der Waals surface area contributed by atoms with E-state index in [-0.39, 0.29) is 24.8 Å². The molecule has 0 amide bonds. The Hall–Kier alpha value is -2.12. The minimum atomic E-state index is -0.526. The zero-order valence-electron chi connectivity index (χ0n) is 10.6. The van der Waals surface area contributed by atoms with Crippen LogP contribution in [0.15, 0.2) is 9.59 Å². The lowest BCUT2D eigenvalue weighted by molar-refractivity contribution is -0.142. The number of carbonyl (C=O) groups is 1. The number of hydrogen-bond donors (Lipinski definition) is 1. The summed E-state index contributed by atoms with van der Waals surface area (Å²) in [7, 11) is 2.81. The van der Waals surface area contributed by atoms with Crippen LogP contribution >= 0.6 is 0 Å². The summed E-state index contributed by atoms with van der Waals surface area (Å²) in [6.45, 7) is 2.26. The summed E-state index contributed by atoms with van der Waals surface area (Å²) < 4.78 is 6.73. The van der Waals surface area contributed by atoms with Gasteiger partial charge in [-0.15, -0.1) is 5.10 Å². The molecule has 1 aromatic heterocycles. The van der Waals surface area contributed by atoms with Crippen molar-refractivity contribution in [2.75, 3.05) is 18.5 Å². The van der Waals surface area contributed by atoms with Crippen LogP contribution in [0, 0.1) is 0 Å². The van der Waals surface area contributed by atoms with Gasteiger partial charge in [-0.3, -0.25) is 14.2 Å². The molecule has 0 aliphatic carbocycles. The van der Waals surface area contributed by atoms with Gasteiger partial charge in [0, 0.05) is 20.6 Å². The number of nitrogens with one attached hydrogen (secondary N) is 1. The summed E-state index contributed by atoms with van der Waals surface area (Å²) in [5.41, 5.74) is -1.03. The van der Waals surface area contributed by atoms with E-state index in [0.29, 0.717) is 6.61 Å². The van der Waals surface area contributed by atoms with Crippen molar-refractivity contribution in [3.8, 4) is 0 Å². The van der Waals surface area contributed by atoms with E-state index in [0.717, 1.165) is 9.25 Å². The monoisotopic (exact) mass is 256 g/mol. The van der Waals surface area contributed by atoms with Crippen LogP contribution in [-0.2, 0) is 23.6 Å². The standard InChI is InChI=1S/C10H16N4O4/c1-4-18-7(15)5-6-11-8-9(16)13(2)10(17)14(3)12-8/h4-6H2,1-3H3,(H,11,12). The van der Waals surface area contributed by atoms with Gasteiger partial charge in [0.1, 0.15) is 0 Å². The fraction of sp³-hybridized carbons (Fsp3) is 0.600. The maximum Gasteiger partial charge on any atom is 0.346 e. The molecule has 0 spiro atoms. The van der Waals surface area contributed by atoms with Crippen LogP contribution in [0.1, 0.15) is 13.3 Å². The van der Waals surface area contributed by atoms with Gasteiger partial charge in [0.05, 0.1) is 13.0 Å². The molecular weight excluding hydrogens is 240 g/mol. The highest BCUT2D eigenvalue weighted by molar-refractivity contribution is 5.69. The first-order chi connectivity index (χ1) is 8.47. The predicted octanol–water partition coefficient (Wildman–Crippen LogP) is -1.16. The number of hydrogen-bond acceptors (Lipinski definition) is 6. The summed E-state index contributed by atoms with van der Waals surface area (Å²) in [4.78, 5) is 34.1. The van der Waals surface area contributed by atoms with Crippen LogP contribution in [-0.4, -0.2) is 33.5 Å². The number of ether oxygens (including phenoxy) is 1. The first-order valence-electron chi connectivity index (χ1n) is 5.51. The molecule has 0 aliphatic rings. The summed E-state index contributed by atoms with van der Waals surface area (Å²) >= 11 is 0. The van der Waals surface area contributed by atoms with Gasteiger partial charge in [-0.1, -0.05) is 0 Å². The minimum Gasteiger partial charge on any atom is -0.466 e. The van der Waals surface area contributed by atoms with Crippen molar-refractivity contribution >= 4 is 11.8 Å². The Labute approximate surface area is 103 Å². The molecule has 0 atom stereocenters. The molecule has 0 fully saturated rings. The first kappa shape index (κ1) is 13.9. The van der Waals surface area contributed by atoms with Gasteiger partial charge in [0.25, 0.3) is 5.56 Å². The van der Waals surface area contributed by atoms with E-state index in [1.54, 1.807) is 6.92 Å². The highest BCUT2D eigenvalue weighted by Gasteiger charge is 2.08. The van der Waals surface area contributed by atoms with Crippen LogP contribution in [0.3, 0.4) is 0 Å². The fourth-order valence-corrected chi connectivity index (χ4v) is 1.33. The molecule has 1 aromatic rings. The molecule has 0 saturated heterocycles. The third kappa shape index (κ3) is 3.19. The van der Waals surface area contributed by atoms with E-state index in [4.69, 9.17) is 4.74 Å². The SMILES string of the molecule is CCOC(=O)CCNc1nn(C)c(=O)n(C)c1=O. The van der Waals surface area contributed by atoms with Crippen molar-refractivity contribution in [3.63, 3.8) is 0 Å². The zero-order valence-corrected chi connectivity index (χ0v) is 10.6. The quantitative estimate of drug-likeness (QED) is 0.668. The van der Waals surface area contributed by atoms with E-state index in [1.165, 1.54) is 14.1 Å². The van der Waals surface area contributed by atoms with Crippen molar-refractivity contribution in [2.24, 2.45) is 14.1 Å². The summed E-state index contributed by atoms with van der Waals surface area (Å²) in [6.07, 6.45) is 0.127. The summed E-state index contributed by atoms with van der Waals surface area (Å²) in [5, 5.41) is 6.49. The van der Waals surface area contributed by atoms with E-state index < -0.39 is 11.2 Å². The van der Waals surface area contributed by atoms with E-state index in [9.17, 15) is 14.4 Å². The fourth-order valence-electron chi connectivity index (χ4n) is 1.33. The second-order valence-corrected chi connectivity index (χ2v) is 3.60. The third-order valence-electron chi connectivity index (χ3n) is 2.25. The van der Waals surface area contributed by atoms with Gasteiger partial charge in [0.2, 0.25) is 5.82 Å². The Kier molecular flexibility index (Phi) is 4.64. The Morgan fingerprint density at radius 3 is 2.67 bits per heavy atom. The van der Waals surface area contributed by atoms with E-state index in [2.05, 4.69) is 10.4 Å². The topological polar surface area (TPSA) is 95.2 Å². The van der Waals surface area contributed by atoms with Crippen LogP contribution in [0.4, 0.5) is 5.82 Å². The van der Waals surface area contributed by atoms with Crippen molar-refractivity contribution < 1.29 is 9.53 Å². The highest BCUT2D eigenvalue weighted by atomic mass is 16.5. The largest absolute Gasteiger partial charge is 0.466 e. The van der Waals surface area contributed by atoms with Crippen molar-refractivity contribution in [2.45, 2.75) is 13.3 Å². The second kappa shape index (κ2) is 5.99. The van der Waals surface area contributed by atoms with Crippen LogP contribution in [0.5, 0.6) is 0 Å². The maximum absolute atomic E-state index is 11.7. The number of aromatic nitrogens is 3. The Balaban J connectivity index is 2.72. The maximum atomic E-state index is 11.7. The van der Waals surface area contributed by atoms with Crippen molar-refractivity contribution in [3.05, 3.63) is 20.8 Å². The summed E-state index contributed by atoms with van der Waals surface area (Å²) in [5.74, 6) is -0.324. The molecular formula is C10H16N4O4. The molecule has 1 rings (SSSR count). The molecule has 0 saturated carbocycles. The average molecular weight is 256 g/mol. The molecule has 0 bridgehead atoms. The van der Waals surface area contributed by atoms with Gasteiger partial charge in [-0.2, -0.15) is 0 Å². The van der Waals surface area contributed by atoms with Crippen LogP contribution < -0.4 is 16.6 Å². The molecule has 1 heterocycles. The lowest BCUT2D eigenvalue weighted by atomic mass is 10.4. The number of esters is 1. The zero-order chi connectivity index (χ0) is 13.7. The minimum absolute atomic E-state index is 0.0314. The van der Waals surface area contributed by atoms with Gasteiger partial charge >= 0.3 is 11.7 Å². The number of aryl methyl sites for hydroxylation is 1. The number of nitrogens with zero attached hydrogens (tertiary/aromatic N) is 3. The molecule has 0 aliphatic heterocycles. The number of carbonyl (C=O) groups excluding carboxylic acids is 1. The Morgan fingerprint density at radius 1 is 1.39 bits per heavy atom. The predicted molar refractivity (Wildman–Crippen MR) is 64.5 cm³/mol. The smallest absolute Gasteiger partial charge is 0.346 e. The molecule has 0 aromatic carbocycles. The number of anilines is 1. The molecule has 0 unspecified atom stereocenters. The van der Waals surface area contributed by atoms with Gasteiger partial charge in [-0.25, -0.2) is 9.48 Å². The van der Waals surface area contributed by atoms with Gasteiger partial charge in [-0.05, 0) is 6.92 Å². The lowest BCUT2D eigenvalue weighted by Gasteiger charge is -2.07. The first-order valence-corrected chi connectivity index (χ1v) is 5.51. The average Bonchev–Trinajstić information content (AvgIpc) is 2.33. The highest BCUT2D eigenvalue weighted by Crippen LogP contribution is 1.92. The van der Waals surface area contributed by atoms with Gasteiger partial charge in [0.15, 0.2) is 0 Å². The second-order valence-electron chi connectivity index (χ2n) is 3.60. The Morgan fingerprint density at radius 2 is 2.06 bits per heavy atom. The molecule has 8 heteroatoms. The lowest BCUT2D eigenvalue weighted by Crippen LogP contribution is -2.40. The third-order valence-corrected chi connectivity index (χ3v) is 2.25. The van der Waals surface area contributed by atoms with Crippen LogP contribution in [0.2, 0.25) is 0 Å². The molecule has 0 radical (unpaired) electrons. The normalized spacial score (nSPS) is 10.2. The van der Waals surface area contributed by atoms with E-state index in [1.807, 2.05) is 0 Å². The van der Waals surface area contributed by atoms with Crippen LogP contribution in [0.25, 0.3) is 0 Å². The van der Waals surface area contributed by atoms with Crippen molar-refractivity contribution in [1.29, 1.82) is 0 Å². The number of rotatable bonds is 5. The van der Waals surface area contributed by atoms with Crippen molar-refractivity contribution in [1.82, 2.24) is 14.3 Å². The Bertz CT molecular complexity index is 546. The molecule has 100 valence electrons. The molecule has 1 N–H and O–H groups in total.